The quantitative estimate of drug-likeness (QED) is 0.712. The third kappa shape index (κ3) is 1.65. The Morgan fingerprint density at radius 2 is 1.83 bits per heavy atom. The number of fused-ring (bicyclic) bond motifs is 2. The number of nitrogens with zero attached hydrogens (tertiary/aromatic N) is 2. The molecule has 0 unspecified atom stereocenters. The summed E-state index contributed by atoms with van der Waals surface area (Å²) >= 11 is 0. The van der Waals surface area contributed by atoms with Gasteiger partial charge in [-0.25, -0.2) is 4.98 Å². The van der Waals surface area contributed by atoms with Gasteiger partial charge in [0.25, 0.3) is 0 Å². The number of halogens is 2. The first-order chi connectivity index (χ1) is 8.57. The molecule has 1 aromatic heterocycles. The summed E-state index contributed by atoms with van der Waals surface area (Å²) in [6.45, 7) is 0.896. The maximum Gasteiger partial charge on any atom is 0.328 e. The monoisotopic (exact) mass is 246 g/mol. The van der Waals surface area contributed by atoms with Gasteiger partial charge in [-0.15, -0.1) is 0 Å². The summed E-state index contributed by atoms with van der Waals surface area (Å²) in [6.07, 6.45) is 2.19. The second-order valence-electron chi connectivity index (χ2n) is 4.47. The molecule has 0 aliphatic carbocycles. The minimum absolute atomic E-state index is 0.351. The second kappa shape index (κ2) is 3.77. The number of para-hydroxylation sites is 1. The lowest BCUT2D eigenvalue weighted by molar-refractivity contribution is 0.0283. The van der Waals surface area contributed by atoms with Gasteiger partial charge in [-0.2, -0.15) is 8.78 Å². The van der Waals surface area contributed by atoms with Crippen LogP contribution in [0.15, 0.2) is 42.6 Å². The Hall–Kier alpha value is -1.97. The summed E-state index contributed by atoms with van der Waals surface area (Å²) in [5.41, 5.74) is 2.27. The van der Waals surface area contributed by atoms with Gasteiger partial charge in [0.2, 0.25) is 0 Å². The minimum atomic E-state index is -2.97. The Morgan fingerprint density at radius 3 is 2.61 bits per heavy atom. The molecule has 4 heteroatoms. The van der Waals surface area contributed by atoms with Crippen molar-refractivity contribution in [3.63, 3.8) is 0 Å². The third-order valence-corrected chi connectivity index (χ3v) is 3.09. The van der Waals surface area contributed by atoms with Crippen LogP contribution in [-0.4, -0.2) is 11.0 Å². The molecule has 0 radical (unpaired) electrons. The second-order valence-corrected chi connectivity index (χ2v) is 4.47. The van der Waals surface area contributed by atoms with Crippen LogP contribution in [0.25, 0.3) is 0 Å². The van der Waals surface area contributed by atoms with Gasteiger partial charge < -0.3 is 0 Å². The molecule has 0 spiro atoms. The molecule has 0 fully saturated rings. The molecule has 2 heterocycles. The van der Waals surface area contributed by atoms with Crippen molar-refractivity contribution < 1.29 is 8.78 Å². The molecule has 1 aliphatic heterocycles. The van der Waals surface area contributed by atoms with Crippen LogP contribution in [0.4, 0.5) is 20.3 Å². The number of aromatic nitrogens is 1. The lowest BCUT2D eigenvalue weighted by Crippen LogP contribution is -2.38. The van der Waals surface area contributed by atoms with E-state index in [1.54, 1.807) is 24.4 Å². The Bertz CT molecular complexity index is 545. The fraction of sp³-hybridized carbons (Fsp3) is 0.214. The van der Waals surface area contributed by atoms with Crippen LogP contribution in [0.5, 0.6) is 0 Å². The van der Waals surface area contributed by atoms with Crippen molar-refractivity contribution in [2.45, 2.75) is 19.4 Å². The average Bonchev–Trinajstić information content (AvgIpc) is 2.34. The van der Waals surface area contributed by atoms with Crippen molar-refractivity contribution in [2.75, 3.05) is 4.90 Å². The van der Waals surface area contributed by atoms with E-state index in [1.807, 2.05) is 18.2 Å². The summed E-state index contributed by atoms with van der Waals surface area (Å²) in [4.78, 5) is 5.13. The van der Waals surface area contributed by atoms with Crippen molar-refractivity contribution in [3.8, 4) is 0 Å². The highest BCUT2D eigenvalue weighted by Crippen LogP contribution is 2.42. The molecule has 0 atom stereocenters. The largest absolute Gasteiger partial charge is 0.328 e. The predicted molar refractivity (Wildman–Crippen MR) is 66.2 cm³/mol. The molecule has 1 aliphatic rings. The summed E-state index contributed by atoms with van der Waals surface area (Å²) in [7, 11) is 0. The van der Waals surface area contributed by atoms with E-state index in [1.165, 1.54) is 0 Å². The van der Waals surface area contributed by atoms with Gasteiger partial charge in [0.15, 0.2) is 0 Å². The van der Waals surface area contributed by atoms with Crippen LogP contribution in [0.3, 0.4) is 0 Å². The zero-order chi connectivity index (χ0) is 12.8. The normalized spacial score (nSPS) is 14.1. The van der Waals surface area contributed by atoms with Gasteiger partial charge in [-0.1, -0.05) is 24.3 Å². The van der Waals surface area contributed by atoms with Gasteiger partial charge in [0.1, 0.15) is 5.82 Å². The number of hydrogen-bond donors (Lipinski definition) is 0. The Morgan fingerprint density at radius 1 is 1.11 bits per heavy atom. The fourth-order valence-electron chi connectivity index (χ4n) is 2.36. The molecular weight excluding hydrogens is 234 g/mol. The Kier molecular flexibility index (Phi) is 2.33. The van der Waals surface area contributed by atoms with Crippen LogP contribution in [0.2, 0.25) is 0 Å². The molecule has 0 saturated heterocycles. The summed E-state index contributed by atoms with van der Waals surface area (Å²) in [5.74, 6) is 0.351. The molecule has 0 amide bonds. The van der Waals surface area contributed by atoms with E-state index in [0.717, 1.165) is 23.0 Å². The number of benzene rings is 1. The van der Waals surface area contributed by atoms with E-state index in [4.69, 9.17) is 0 Å². The van der Waals surface area contributed by atoms with Gasteiger partial charge in [0, 0.05) is 19.5 Å². The molecular formula is C14H12F2N2. The molecule has 2 aromatic rings. The molecule has 92 valence electrons. The van der Waals surface area contributed by atoms with E-state index < -0.39 is 6.05 Å². The number of alkyl halides is 2. The molecule has 1 aromatic carbocycles. The highest BCUT2D eigenvalue weighted by atomic mass is 19.3. The summed E-state index contributed by atoms with van der Waals surface area (Å²) < 4.78 is 27.7. The SMILES string of the molecule is CC(F)(F)N1c2ccccc2Cc2cccnc21. The third-order valence-electron chi connectivity index (χ3n) is 3.09. The van der Waals surface area contributed by atoms with E-state index in [-0.39, 0.29) is 0 Å². The first kappa shape index (κ1) is 11.1. The number of hydrogen-bond acceptors (Lipinski definition) is 2. The van der Waals surface area contributed by atoms with Crippen LogP contribution in [-0.2, 0) is 6.42 Å². The van der Waals surface area contributed by atoms with Crippen LogP contribution in [0.1, 0.15) is 18.1 Å². The van der Waals surface area contributed by atoms with E-state index >= 15 is 0 Å². The van der Waals surface area contributed by atoms with E-state index in [9.17, 15) is 8.78 Å². The highest BCUT2D eigenvalue weighted by Gasteiger charge is 2.38. The van der Waals surface area contributed by atoms with Crippen LogP contribution >= 0.6 is 0 Å². The molecule has 2 nitrogen and oxygen atoms in total. The summed E-state index contributed by atoms with van der Waals surface area (Å²) in [6, 6.07) is 7.88. The maximum atomic E-state index is 13.9. The van der Waals surface area contributed by atoms with Crippen molar-refractivity contribution in [1.82, 2.24) is 4.98 Å². The Balaban J connectivity index is 2.24. The topological polar surface area (TPSA) is 16.1 Å². The zero-order valence-electron chi connectivity index (χ0n) is 9.90. The first-order valence-corrected chi connectivity index (χ1v) is 5.77. The van der Waals surface area contributed by atoms with Gasteiger partial charge in [-0.3, -0.25) is 4.90 Å². The molecule has 3 rings (SSSR count). The van der Waals surface area contributed by atoms with Crippen molar-refractivity contribution in [3.05, 3.63) is 53.7 Å². The number of pyridine rings is 1. The van der Waals surface area contributed by atoms with Crippen molar-refractivity contribution in [1.29, 1.82) is 0 Å². The molecule has 0 saturated carbocycles. The molecule has 0 N–H and O–H groups in total. The average molecular weight is 246 g/mol. The predicted octanol–water partition coefficient (Wildman–Crippen LogP) is 3.74. The van der Waals surface area contributed by atoms with Crippen molar-refractivity contribution in [2.24, 2.45) is 0 Å². The molecule has 0 bridgehead atoms. The van der Waals surface area contributed by atoms with Crippen molar-refractivity contribution >= 4 is 11.5 Å². The number of rotatable bonds is 1. The zero-order valence-corrected chi connectivity index (χ0v) is 9.90. The van der Waals surface area contributed by atoms with Gasteiger partial charge >= 0.3 is 6.05 Å². The van der Waals surface area contributed by atoms with Crippen LogP contribution < -0.4 is 4.90 Å². The van der Waals surface area contributed by atoms with Crippen LogP contribution in [0, 0.1) is 0 Å². The molecule has 18 heavy (non-hydrogen) atoms. The maximum absolute atomic E-state index is 13.9. The van der Waals surface area contributed by atoms with Gasteiger partial charge in [-0.05, 0) is 23.3 Å². The lowest BCUT2D eigenvalue weighted by Gasteiger charge is -2.35. The smallest absolute Gasteiger partial charge is 0.266 e. The first-order valence-electron chi connectivity index (χ1n) is 5.77. The highest BCUT2D eigenvalue weighted by molar-refractivity contribution is 5.72. The van der Waals surface area contributed by atoms with E-state index in [2.05, 4.69) is 4.98 Å². The Labute approximate surface area is 104 Å². The van der Waals surface area contributed by atoms with Gasteiger partial charge in [0.05, 0.1) is 5.69 Å². The van der Waals surface area contributed by atoms with E-state index in [0.29, 0.717) is 17.9 Å². The summed E-state index contributed by atoms with van der Waals surface area (Å²) in [5, 5.41) is 0. The number of anilines is 2. The fourth-order valence-corrected chi connectivity index (χ4v) is 2.36. The lowest BCUT2D eigenvalue weighted by atomic mass is 9.98. The minimum Gasteiger partial charge on any atom is -0.266 e. The standard InChI is InChI=1S/C14H12F2N2/c1-14(15,16)18-12-7-3-2-5-10(12)9-11-6-4-8-17-13(11)18/h2-8H,9H2,1H3.